The van der Waals surface area contributed by atoms with Crippen molar-refractivity contribution in [1.29, 1.82) is 0 Å². The zero-order chi connectivity index (χ0) is 32.7. The fourth-order valence-electron chi connectivity index (χ4n) is 5.43. The van der Waals surface area contributed by atoms with E-state index in [1.807, 2.05) is 0 Å². The SMILES string of the molecule is OCC1O[C@@H](S[C@@H]2O[C@H](CO)C(O)C(n3cc(-c4ccccn4)nn3)[C@H]2O)C(O)[C@@H](n2cc(-c3cc(F)c(F)c(F)c3)nn2)[C@H]1O. The topological polar surface area (TPSA) is 214 Å². The van der Waals surface area contributed by atoms with E-state index in [1.54, 1.807) is 24.4 Å². The summed E-state index contributed by atoms with van der Waals surface area (Å²) in [5.41, 5.74) is -2.02. The number of hydrogen-bond donors (Lipinski definition) is 6. The Morgan fingerprint density at radius 3 is 1.74 bits per heavy atom. The Hall–Kier alpha value is -3.53. The number of aromatic nitrogens is 7. The van der Waals surface area contributed by atoms with Crippen LogP contribution in [-0.2, 0) is 9.47 Å². The average Bonchev–Trinajstić information content (AvgIpc) is 3.74. The van der Waals surface area contributed by atoms with Crippen LogP contribution in [0, 0.1) is 17.5 Å². The van der Waals surface area contributed by atoms with Crippen LogP contribution >= 0.6 is 11.8 Å². The molecule has 19 heteroatoms. The summed E-state index contributed by atoms with van der Waals surface area (Å²) in [5.74, 6) is -4.58. The van der Waals surface area contributed by atoms with Crippen molar-refractivity contribution in [3.8, 4) is 22.6 Å². The van der Waals surface area contributed by atoms with Gasteiger partial charge < -0.3 is 40.1 Å². The molecule has 2 fully saturated rings. The molecule has 15 nitrogen and oxygen atoms in total. The lowest BCUT2D eigenvalue weighted by atomic mass is 9.97. The molecule has 6 N–H and O–H groups in total. The average molecular weight is 668 g/mol. The molecule has 2 aliphatic heterocycles. The zero-order valence-electron chi connectivity index (χ0n) is 23.5. The molecule has 0 radical (unpaired) electrons. The van der Waals surface area contributed by atoms with E-state index in [4.69, 9.17) is 9.47 Å². The molecular weight excluding hydrogens is 639 g/mol. The van der Waals surface area contributed by atoms with Gasteiger partial charge in [-0.1, -0.05) is 28.3 Å². The van der Waals surface area contributed by atoms with Gasteiger partial charge in [0.05, 0.1) is 31.3 Å². The molecule has 5 heterocycles. The molecule has 6 rings (SSSR count). The number of halogens is 3. The summed E-state index contributed by atoms with van der Waals surface area (Å²) in [7, 11) is 0. The van der Waals surface area contributed by atoms with Crippen LogP contribution in [0.3, 0.4) is 0 Å². The first-order chi connectivity index (χ1) is 22.1. The van der Waals surface area contributed by atoms with E-state index in [2.05, 4.69) is 25.6 Å². The number of benzene rings is 1. The first kappa shape index (κ1) is 32.4. The maximum absolute atomic E-state index is 13.8. The zero-order valence-corrected chi connectivity index (χ0v) is 24.3. The molecule has 46 heavy (non-hydrogen) atoms. The molecule has 0 spiro atoms. The molecule has 3 aromatic heterocycles. The maximum Gasteiger partial charge on any atom is 0.194 e. The number of hydrogen-bond acceptors (Lipinski definition) is 14. The van der Waals surface area contributed by atoms with Gasteiger partial charge in [0.25, 0.3) is 0 Å². The van der Waals surface area contributed by atoms with Crippen LogP contribution in [0.2, 0.25) is 0 Å². The Balaban J connectivity index is 1.25. The highest BCUT2D eigenvalue weighted by Gasteiger charge is 2.51. The Bertz CT molecular complexity index is 1630. The van der Waals surface area contributed by atoms with Crippen LogP contribution in [0.25, 0.3) is 22.6 Å². The second kappa shape index (κ2) is 13.3. The summed E-state index contributed by atoms with van der Waals surface area (Å²) in [6.45, 7) is -1.36. The summed E-state index contributed by atoms with van der Waals surface area (Å²) < 4.78 is 54.9. The largest absolute Gasteiger partial charge is 0.394 e. The number of nitrogens with zero attached hydrogens (tertiary/aromatic N) is 7. The summed E-state index contributed by atoms with van der Waals surface area (Å²) in [5, 5.41) is 80.4. The quantitative estimate of drug-likeness (QED) is 0.130. The van der Waals surface area contributed by atoms with E-state index in [-0.39, 0.29) is 11.3 Å². The van der Waals surface area contributed by atoms with Crippen LogP contribution in [0.1, 0.15) is 12.1 Å². The second-order valence-corrected chi connectivity index (χ2v) is 11.9. The molecule has 0 aliphatic carbocycles. The van der Waals surface area contributed by atoms with E-state index in [9.17, 15) is 43.8 Å². The number of thioether (sulfide) groups is 1. The number of ether oxygens (including phenoxy) is 2. The van der Waals surface area contributed by atoms with E-state index in [0.717, 1.165) is 22.6 Å². The van der Waals surface area contributed by atoms with Gasteiger partial charge in [0, 0.05) is 11.8 Å². The van der Waals surface area contributed by atoms with Gasteiger partial charge in [-0.25, -0.2) is 22.5 Å². The number of aliphatic hydroxyl groups excluding tert-OH is 6. The van der Waals surface area contributed by atoms with Crippen LogP contribution in [0.5, 0.6) is 0 Å². The fraction of sp³-hybridized carbons (Fsp3) is 0.444. The van der Waals surface area contributed by atoms with Gasteiger partial charge in [-0.3, -0.25) is 4.98 Å². The van der Waals surface area contributed by atoms with Crippen molar-refractivity contribution in [3.63, 3.8) is 0 Å². The molecule has 0 amide bonds. The molecule has 0 bridgehead atoms. The van der Waals surface area contributed by atoms with E-state index in [0.29, 0.717) is 23.5 Å². The van der Waals surface area contributed by atoms with Crippen molar-refractivity contribution < 1.29 is 53.3 Å². The van der Waals surface area contributed by atoms with Crippen molar-refractivity contribution in [3.05, 3.63) is 66.4 Å². The molecule has 2 saturated heterocycles. The smallest absolute Gasteiger partial charge is 0.194 e. The van der Waals surface area contributed by atoms with E-state index < -0.39 is 90.2 Å². The summed E-state index contributed by atoms with van der Waals surface area (Å²) in [4.78, 5) is 4.21. The predicted molar refractivity (Wildman–Crippen MR) is 150 cm³/mol. The molecule has 4 unspecified atom stereocenters. The summed E-state index contributed by atoms with van der Waals surface area (Å²) in [6, 6.07) is 4.05. The van der Waals surface area contributed by atoms with Crippen LogP contribution in [-0.4, -0.2) is 126 Å². The Morgan fingerprint density at radius 1 is 0.717 bits per heavy atom. The lowest BCUT2D eigenvalue weighted by molar-refractivity contribution is -0.189. The first-order valence-electron chi connectivity index (χ1n) is 13.9. The highest BCUT2D eigenvalue weighted by atomic mass is 32.2. The third-order valence-corrected chi connectivity index (χ3v) is 9.12. The number of aliphatic hydroxyl groups is 6. The third kappa shape index (κ3) is 6.00. The molecule has 1 aromatic carbocycles. The van der Waals surface area contributed by atoms with Gasteiger partial charge in [-0.2, -0.15) is 0 Å². The van der Waals surface area contributed by atoms with Crippen LogP contribution in [0.4, 0.5) is 13.2 Å². The van der Waals surface area contributed by atoms with Gasteiger partial charge in [-0.05, 0) is 24.3 Å². The predicted octanol–water partition coefficient (Wildman–Crippen LogP) is -0.591. The first-order valence-corrected chi connectivity index (χ1v) is 14.9. The lowest BCUT2D eigenvalue weighted by Crippen LogP contribution is -2.58. The molecule has 4 aromatic rings. The van der Waals surface area contributed by atoms with E-state index >= 15 is 0 Å². The molecule has 246 valence electrons. The summed E-state index contributed by atoms with van der Waals surface area (Å²) in [6.07, 6.45) is -4.46. The summed E-state index contributed by atoms with van der Waals surface area (Å²) >= 11 is 0.744. The molecule has 2 aliphatic rings. The normalized spacial score (nSPS) is 31.7. The van der Waals surface area contributed by atoms with Crippen molar-refractivity contribution in [2.75, 3.05) is 13.2 Å². The minimum Gasteiger partial charge on any atom is -0.394 e. The number of pyridine rings is 1. The second-order valence-electron chi connectivity index (χ2n) is 10.7. The van der Waals surface area contributed by atoms with Gasteiger partial charge in [0.15, 0.2) is 17.5 Å². The third-order valence-electron chi connectivity index (χ3n) is 7.80. The van der Waals surface area contributed by atoms with Crippen molar-refractivity contribution in [2.24, 2.45) is 0 Å². The van der Waals surface area contributed by atoms with Gasteiger partial charge in [-0.15, -0.1) is 10.2 Å². The highest BCUT2D eigenvalue weighted by molar-refractivity contribution is 8.00. The molecular formula is C27H28F3N7O8S. The molecule has 0 saturated carbocycles. The van der Waals surface area contributed by atoms with Gasteiger partial charge >= 0.3 is 0 Å². The van der Waals surface area contributed by atoms with Crippen LogP contribution in [0.15, 0.2) is 48.9 Å². The van der Waals surface area contributed by atoms with Gasteiger partial charge in [0.1, 0.15) is 71.0 Å². The maximum atomic E-state index is 13.8. The van der Waals surface area contributed by atoms with Gasteiger partial charge in [0.2, 0.25) is 0 Å². The minimum absolute atomic E-state index is 0.111. The Kier molecular flexibility index (Phi) is 9.37. The minimum atomic E-state index is -1.67. The van der Waals surface area contributed by atoms with Crippen molar-refractivity contribution in [1.82, 2.24) is 35.0 Å². The number of rotatable bonds is 8. The van der Waals surface area contributed by atoms with Crippen molar-refractivity contribution >= 4 is 11.8 Å². The Labute approximate surface area is 261 Å². The monoisotopic (exact) mass is 667 g/mol. The van der Waals surface area contributed by atoms with Crippen molar-refractivity contribution in [2.45, 2.75) is 59.6 Å². The molecule has 10 atom stereocenters. The standard InChI is InChI=1S/C27H28F3N7O8S/c28-12-5-11(6-13(29)19(12)30)15-7-36(34-32-15)20-22(40)17(9-38)44-26(24(20)42)46-27-25(43)21(23(41)18(10-39)45-27)37-8-16(33-35-37)14-3-1-2-4-31-14/h1-8,17-18,20-27,38-43H,9-10H2/t17?,18-,20+,21?,22+,23?,24?,25-,26+,27+/m1/s1. The highest BCUT2D eigenvalue weighted by Crippen LogP contribution is 2.42. The van der Waals surface area contributed by atoms with E-state index in [1.165, 1.54) is 10.9 Å². The lowest BCUT2D eigenvalue weighted by Gasteiger charge is -2.46. The fourth-order valence-corrected chi connectivity index (χ4v) is 6.75. The Morgan fingerprint density at radius 2 is 1.24 bits per heavy atom. The van der Waals surface area contributed by atoms with Crippen LogP contribution < -0.4 is 0 Å².